The van der Waals surface area contributed by atoms with Crippen LogP contribution in [0.25, 0.3) is 0 Å². The van der Waals surface area contributed by atoms with Crippen molar-refractivity contribution in [2.24, 2.45) is 0 Å². The number of imide groups is 1. The molecule has 9 nitrogen and oxygen atoms in total. The molecule has 3 fully saturated rings. The van der Waals surface area contributed by atoms with Crippen molar-refractivity contribution in [3.05, 3.63) is 29.8 Å². The first-order chi connectivity index (χ1) is 11.8. The average molecular weight is 364 g/mol. The van der Waals surface area contributed by atoms with E-state index < -0.39 is 40.1 Å². The molecule has 3 atom stereocenters. The van der Waals surface area contributed by atoms with Gasteiger partial charge in [0.1, 0.15) is 6.04 Å². The molecular formula is C15H16N4O5S. The van der Waals surface area contributed by atoms with Gasteiger partial charge in [0, 0.05) is 6.54 Å². The topological polar surface area (TPSA) is 116 Å². The maximum absolute atomic E-state index is 12.5. The molecule has 0 aromatic heterocycles. The van der Waals surface area contributed by atoms with E-state index in [0.29, 0.717) is 6.42 Å². The fraction of sp³-hybridized carbons (Fsp3) is 0.400. The zero-order valence-corrected chi connectivity index (χ0v) is 14.1. The van der Waals surface area contributed by atoms with Gasteiger partial charge < -0.3 is 9.80 Å². The Kier molecular flexibility index (Phi) is 3.29. The second kappa shape index (κ2) is 5.19. The molecule has 3 aliphatic heterocycles. The second-order valence-electron chi connectivity index (χ2n) is 6.48. The number of nitrogens with one attached hydrogen (secondary N) is 2. The normalized spacial score (nSPS) is 27.5. The van der Waals surface area contributed by atoms with Gasteiger partial charge in [-0.2, -0.15) is 0 Å². The number of carbonyl (C=O) groups excluding carboxylic acids is 3. The van der Waals surface area contributed by atoms with Gasteiger partial charge in [0.25, 0.3) is 15.9 Å². The Labute approximate surface area is 144 Å². The number of hydrogen-bond donors (Lipinski definition) is 2. The summed E-state index contributed by atoms with van der Waals surface area (Å²) in [5.41, 5.74) is 0.902. The SMILES string of the molecule is Cc1ccc(S(=O)(=O)NC(=O)N2CC3CC2C2C(=O)NC(=O)N32)cc1. The highest BCUT2D eigenvalue weighted by Crippen LogP contribution is 2.38. The van der Waals surface area contributed by atoms with Gasteiger partial charge in [-0.25, -0.2) is 22.7 Å². The summed E-state index contributed by atoms with van der Waals surface area (Å²) < 4.78 is 26.8. The molecule has 0 radical (unpaired) electrons. The van der Waals surface area contributed by atoms with E-state index in [1.165, 1.54) is 21.9 Å². The molecular weight excluding hydrogens is 348 g/mol. The quantitative estimate of drug-likeness (QED) is 0.703. The highest BCUT2D eigenvalue weighted by atomic mass is 32.2. The number of likely N-dealkylation sites (tertiary alicyclic amines) is 1. The van der Waals surface area contributed by atoms with Crippen molar-refractivity contribution >= 4 is 28.0 Å². The molecule has 132 valence electrons. The number of piperazine rings is 1. The van der Waals surface area contributed by atoms with Gasteiger partial charge in [0.2, 0.25) is 0 Å². The lowest BCUT2D eigenvalue weighted by Gasteiger charge is -2.34. The van der Waals surface area contributed by atoms with Gasteiger partial charge in [-0.15, -0.1) is 0 Å². The van der Waals surface area contributed by atoms with Crippen LogP contribution in [0.4, 0.5) is 9.59 Å². The second-order valence-corrected chi connectivity index (χ2v) is 8.16. The Morgan fingerprint density at radius 2 is 1.92 bits per heavy atom. The van der Waals surface area contributed by atoms with Crippen LogP contribution >= 0.6 is 0 Å². The minimum Gasteiger partial charge on any atom is -0.316 e. The molecule has 0 aliphatic carbocycles. The summed E-state index contributed by atoms with van der Waals surface area (Å²) in [4.78, 5) is 38.9. The first-order valence-corrected chi connectivity index (χ1v) is 9.29. The van der Waals surface area contributed by atoms with Crippen LogP contribution in [-0.4, -0.2) is 60.9 Å². The summed E-state index contributed by atoms with van der Waals surface area (Å²) in [5.74, 6) is -0.448. The van der Waals surface area contributed by atoms with Crippen LogP contribution in [0.1, 0.15) is 12.0 Å². The molecule has 3 unspecified atom stereocenters. The van der Waals surface area contributed by atoms with Gasteiger partial charge in [-0.3, -0.25) is 10.1 Å². The smallest absolute Gasteiger partial charge is 0.316 e. The van der Waals surface area contributed by atoms with Crippen LogP contribution in [0.15, 0.2) is 29.2 Å². The Balaban J connectivity index is 1.52. The van der Waals surface area contributed by atoms with Gasteiger partial charge in [0.15, 0.2) is 0 Å². The Hall–Kier alpha value is -2.62. The fourth-order valence-electron chi connectivity index (χ4n) is 3.78. The largest absolute Gasteiger partial charge is 0.331 e. The third-order valence-corrected chi connectivity index (χ3v) is 6.26. The summed E-state index contributed by atoms with van der Waals surface area (Å²) in [6, 6.07) is 3.39. The van der Waals surface area contributed by atoms with Crippen molar-refractivity contribution in [3.63, 3.8) is 0 Å². The summed E-state index contributed by atoms with van der Waals surface area (Å²) >= 11 is 0. The van der Waals surface area contributed by atoms with Crippen LogP contribution in [-0.2, 0) is 14.8 Å². The van der Waals surface area contributed by atoms with E-state index in [0.717, 1.165) is 5.56 Å². The number of carbonyl (C=O) groups is 3. The molecule has 1 aromatic rings. The number of fused-ring (bicyclic) bond motifs is 5. The third kappa shape index (κ3) is 2.36. The van der Waals surface area contributed by atoms with E-state index in [2.05, 4.69) is 5.32 Å². The van der Waals surface area contributed by atoms with Crippen molar-refractivity contribution in [2.45, 2.75) is 36.4 Å². The maximum Gasteiger partial charge on any atom is 0.331 e. The van der Waals surface area contributed by atoms with Gasteiger partial charge >= 0.3 is 12.1 Å². The number of urea groups is 2. The Bertz CT molecular complexity index is 882. The number of hydrogen-bond acceptors (Lipinski definition) is 5. The van der Waals surface area contributed by atoms with Gasteiger partial charge in [0.05, 0.1) is 17.0 Å². The number of nitrogens with zero attached hydrogens (tertiary/aromatic N) is 2. The van der Waals surface area contributed by atoms with Gasteiger partial charge in [-0.1, -0.05) is 17.7 Å². The van der Waals surface area contributed by atoms with Crippen LogP contribution in [0.2, 0.25) is 0 Å². The lowest BCUT2D eigenvalue weighted by molar-refractivity contribution is -0.122. The van der Waals surface area contributed by atoms with Crippen LogP contribution in [0, 0.1) is 6.92 Å². The molecule has 5 amide bonds. The van der Waals surface area contributed by atoms with Crippen LogP contribution in [0.3, 0.4) is 0 Å². The summed E-state index contributed by atoms with van der Waals surface area (Å²) in [5, 5.41) is 2.23. The Morgan fingerprint density at radius 1 is 1.24 bits per heavy atom. The number of amides is 5. The van der Waals surface area contributed by atoms with E-state index in [1.807, 2.05) is 11.6 Å². The van der Waals surface area contributed by atoms with Crippen LogP contribution in [0.5, 0.6) is 0 Å². The predicted octanol–water partition coefficient (Wildman–Crippen LogP) is -0.230. The highest BCUT2D eigenvalue weighted by molar-refractivity contribution is 7.90. The molecule has 3 heterocycles. The summed E-state index contributed by atoms with van der Waals surface area (Å²) in [6.07, 6.45) is 0.474. The first kappa shape index (κ1) is 15.9. The molecule has 1 aromatic carbocycles. The lowest BCUT2D eigenvalue weighted by atomic mass is 10.1. The van der Waals surface area contributed by atoms with E-state index in [4.69, 9.17) is 0 Å². The van der Waals surface area contributed by atoms with E-state index in [9.17, 15) is 22.8 Å². The maximum atomic E-state index is 12.5. The fourth-order valence-corrected chi connectivity index (χ4v) is 4.74. The molecule has 2 bridgehead atoms. The summed E-state index contributed by atoms with van der Waals surface area (Å²) in [7, 11) is -4.00. The monoisotopic (exact) mass is 364 g/mol. The summed E-state index contributed by atoms with van der Waals surface area (Å²) in [6.45, 7) is 2.03. The molecule has 3 saturated heterocycles. The standard InChI is InChI=1S/C15H16N4O5S/c1-8-2-4-10(5-3-8)25(23,24)17-15(22)18-7-9-6-11(18)12-13(20)16-14(21)19(9)12/h2-5,9,11-12H,6-7H2,1H3,(H,17,22)(H,16,20,21). The van der Waals surface area contributed by atoms with E-state index in [1.54, 1.807) is 12.1 Å². The van der Waals surface area contributed by atoms with Crippen molar-refractivity contribution in [1.29, 1.82) is 0 Å². The highest BCUT2D eigenvalue weighted by Gasteiger charge is 2.60. The zero-order chi connectivity index (χ0) is 17.9. The van der Waals surface area contributed by atoms with Crippen LogP contribution < -0.4 is 10.0 Å². The average Bonchev–Trinajstić information content (AvgIpc) is 3.20. The first-order valence-electron chi connectivity index (χ1n) is 7.81. The number of aryl methyl sites for hydroxylation is 1. The minimum atomic E-state index is -4.00. The molecule has 10 heteroatoms. The molecule has 0 spiro atoms. The number of sulfonamides is 1. The van der Waals surface area contributed by atoms with E-state index in [-0.39, 0.29) is 17.5 Å². The Morgan fingerprint density at radius 3 is 2.60 bits per heavy atom. The van der Waals surface area contributed by atoms with E-state index >= 15 is 0 Å². The molecule has 0 saturated carbocycles. The number of rotatable bonds is 2. The molecule has 25 heavy (non-hydrogen) atoms. The predicted molar refractivity (Wildman–Crippen MR) is 85.0 cm³/mol. The molecule has 4 rings (SSSR count). The third-order valence-electron chi connectivity index (χ3n) is 4.93. The number of benzene rings is 1. The van der Waals surface area contributed by atoms with Crippen molar-refractivity contribution in [2.75, 3.05) is 6.54 Å². The van der Waals surface area contributed by atoms with Gasteiger partial charge in [-0.05, 0) is 25.5 Å². The lowest BCUT2D eigenvalue weighted by Crippen LogP contribution is -2.57. The van der Waals surface area contributed by atoms with Crippen molar-refractivity contribution in [1.82, 2.24) is 19.8 Å². The molecule has 3 aliphatic rings. The molecule has 2 N–H and O–H groups in total. The minimum absolute atomic E-state index is 0.00813. The zero-order valence-electron chi connectivity index (χ0n) is 13.3. The van der Waals surface area contributed by atoms with Crippen molar-refractivity contribution in [3.8, 4) is 0 Å². The van der Waals surface area contributed by atoms with Crippen molar-refractivity contribution < 1.29 is 22.8 Å².